The standard InChI is InChI=1S/C29H28FN5O/c1-35-17-6-5-12-27(35)28(21-9-3-2-4-10-21)32-29(36)31-23-14-16-26-24(19-23)25(33-34-26)15-13-20-8-7-11-22(30)18-20/h2-4,7-11,14,16,18-19,27-28H,5-6,12,17H2,1H3,(H,33,34)(H2,31,32,36)/t27-,28-/m0/s1. The van der Waals surface area contributed by atoms with Crippen molar-refractivity contribution in [2.75, 3.05) is 18.9 Å². The van der Waals surface area contributed by atoms with Crippen molar-refractivity contribution in [3.63, 3.8) is 0 Å². The molecule has 3 N–H and O–H groups in total. The average Bonchev–Trinajstić information content (AvgIpc) is 3.29. The topological polar surface area (TPSA) is 73.1 Å². The molecule has 0 unspecified atom stereocenters. The summed E-state index contributed by atoms with van der Waals surface area (Å²) < 4.78 is 13.5. The van der Waals surface area contributed by atoms with Gasteiger partial charge in [-0.25, -0.2) is 9.18 Å². The van der Waals surface area contributed by atoms with Crippen LogP contribution in [0.2, 0.25) is 0 Å². The minimum absolute atomic E-state index is 0.123. The van der Waals surface area contributed by atoms with Crippen LogP contribution >= 0.6 is 0 Å². The van der Waals surface area contributed by atoms with E-state index in [1.165, 1.54) is 18.6 Å². The predicted octanol–water partition coefficient (Wildman–Crippen LogP) is 5.45. The van der Waals surface area contributed by atoms with Crippen LogP contribution in [0.15, 0.2) is 72.8 Å². The molecule has 36 heavy (non-hydrogen) atoms. The molecule has 0 radical (unpaired) electrons. The monoisotopic (exact) mass is 481 g/mol. The molecule has 7 heteroatoms. The van der Waals surface area contributed by atoms with E-state index in [-0.39, 0.29) is 23.9 Å². The third-order valence-electron chi connectivity index (χ3n) is 6.63. The van der Waals surface area contributed by atoms with Gasteiger partial charge in [-0.1, -0.05) is 48.7 Å². The maximum absolute atomic E-state index is 13.5. The van der Waals surface area contributed by atoms with Crippen LogP contribution in [-0.2, 0) is 0 Å². The lowest BCUT2D eigenvalue weighted by Gasteiger charge is -2.38. The number of H-pyrrole nitrogens is 1. The van der Waals surface area contributed by atoms with Crippen molar-refractivity contribution in [3.8, 4) is 11.8 Å². The summed E-state index contributed by atoms with van der Waals surface area (Å²) in [5, 5.41) is 14.2. The van der Waals surface area contributed by atoms with Crippen LogP contribution in [0, 0.1) is 17.7 Å². The fraction of sp³-hybridized carbons (Fsp3) is 0.241. The smallest absolute Gasteiger partial charge is 0.319 e. The Kier molecular flexibility index (Phi) is 6.96. The number of aromatic amines is 1. The average molecular weight is 482 g/mol. The van der Waals surface area contributed by atoms with Crippen LogP contribution in [0.5, 0.6) is 0 Å². The van der Waals surface area contributed by atoms with Gasteiger partial charge in [-0.05, 0) is 74.3 Å². The summed E-state index contributed by atoms with van der Waals surface area (Å²) >= 11 is 0. The second kappa shape index (κ2) is 10.6. The molecule has 182 valence electrons. The summed E-state index contributed by atoms with van der Waals surface area (Å²) in [4.78, 5) is 15.5. The van der Waals surface area contributed by atoms with Gasteiger partial charge in [0.1, 0.15) is 11.5 Å². The first kappa shape index (κ1) is 23.6. The largest absolute Gasteiger partial charge is 0.329 e. The summed E-state index contributed by atoms with van der Waals surface area (Å²) in [6.45, 7) is 1.02. The lowest BCUT2D eigenvalue weighted by atomic mass is 9.91. The second-order valence-corrected chi connectivity index (χ2v) is 9.12. The van der Waals surface area contributed by atoms with Gasteiger partial charge < -0.3 is 15.5 Å². The van der Waals surface area contributed by atoms with Crippen molar-refractivity contribution in [1.82, 2.24) is 20.4 Å². The third kappa shape index (κ3) is 5.40. The number of fused-ring (bicyclic) bond motifs is 1. The lowest BCUT2D eigenvalue weighted by Crippen LogP contribution is -2.47. The Hall–Kier alpha value is -4.15. The molecule has 0 spiro atoms. The van der Waals surface area contributed by atoms with Crippen LogP contribution < -0.4 is 10.6 Å². The second-order valence-electron chi connectivity index (χ2n) is 9.12. The van der Waals surface area contributed by atoms with Gasteiger partial charge in [-0.2, -0.15) is 5.10 Å². The van der Waals surface area contributed by atoms with Crippen molar-refractivity contribution in [2.24, 2.45) is 0 Å². The zero-order valence-electron chi connectivity index (χ0n) is 20.1. The molecular weight excluding hydrogens is 453 g/mol. The Balaban J connectivity index is 1.35. The van der Waals surface area contributed by atoms with Crippen LogP contribution in [-0.4, -0.2) is 40.8 Å². The first-order valence-corrected chi connectivity index (χ1v) is 12.2. The highest BCUT2D eigenvalue weighted by molar-refractivity contribution is 5.94. The van der Waals surface area contributed by atoms with Crippen LogP contribution in [0.3, 0.4) is 0 Å². The van der Waals surface area contributed by atoms with Crippen molar-refractivity contribution >= 4 is 22.6 Å². The fourth-order valence-corrected chi connectivity index (χ4v) is 4.78. The molecule has 1 fully saturated rings. The summed E-state index contributed by atoms with van der Waals surface area (Å²) in [5.41, 5.74) is 3.64. The summed E-state index contributed by atoms with van der Waals surface area (Å²) in [7, 11) is 2.12. The van der Waals surface area contributed by atoms with Gasteiger partial charge in [-0.3, -0.25) is 5.10 Å². The predicted molar refractivity (Wildman–Crippen MR) is 140 cm³/mol. The van der Waals surface area contributed by atoms with E-state index < -0.39 is 0 Å². The van der Waals surface area contributed by atoms with Gasteiger partial charge in [0.15, 0.2) is 0 Å². The quantitative estimate of drug-likeness (QED) is 0.340. The summed E-state index contributed by atoms with van der Waals surface area (Å²) in [5.74, 6) is 5.65. The highest BCUT2D eigenvalue weighted by atomic mass is 19.1. The molecule has 1 aromatic heterocycles. The molecule has 0 saturated carbocycles. The number of nitrogens with one attached hydrogen (secondary N) is 3. The van der Waals surface area contributed by atoms with E-state index in [0.717, 1.165) is 35.9 Å². The molecule has 5 rings (SSSR count). The SMILES string of the molecule is CN1CCCC[C@H]1[C@@H](NC(=O)Nc1ccc2n[nH]c(C#Cc3cccc(F)c3)c2c1)c1ccccc1. The number of amides is 2. The van der Waals surface area contributed by atoms with E-state index in [1.807, 2.05) is 36.4 Å². The number of piperidine rings is 1. The number of likely N-dealkylation sites (tertiary alicyclic amines) is 1. The number of urea groups is 1. The van der Waals surface area contributed by atoms with E-state index >= 15 is 0 Å². The number of rotatable bonds is 4. The highest BCUT2D eigenvalue weighted by Gasteiger charge is 2.30. The Bertz CT molecular complexity index is 1420. The number of likely N-dealkylation sites (N-methyl/N-ethyl adjacent to an activating group) is 1. The Labute approximate surface area is 209 Å². The van der Waals surface area contributed by atoms with Crippen LogP contribution in [0.4, 0.5) is 14.9 Å². The number of anilines is 1. The number of aromatic nitrogens is 2. The summed E-state index contributed by atoms with van der Waals surface area (Å²) in [6.07, 6.45) is 3.36. The number of carbonyl (C=O) groups is 1. The number of benzene rings is 3. The van der Waals surface area contributed by atoms with Gasteiger partial charge in [-0.15, -0.1) is 0 Å². The van der Waals surface area contributed by atoms with Crippen molar-refractivity contribution in [1.29, 1.82) is 0 Å². The molecule has 2 heterocycles. The molecule has 0 bridgehead atoms. The Morgan fingerprint density at radius 1 is 1.08 bits per heavy atom. The van der Waals surface area contributed by atoms with E-state index in [2.05, 4.69) is 56.8 Å². The minimum Gasteiger partial charge on any atom is -0.329 e. The lowest BCUT2D eigenvalue weighted by molar-refractivity contribution is 0.147. The normalized spacial score (nSPS) is 16.7. The van der Waals surface area contributed by atoms with Crippen LogP contribution in [0.1, 0.15) is 42.1 Å². The molecular formula is C29H28FN5O. The molecule has 0 aliphatic carbocycles. The molecule has 4 aromatic rings. The van der Waals surface area contributed by atoms with Crippen molar-refractivity contribution in [3.05, 3.63) is 95.4 Å². The number of nitrogens with zero attached hydrogens (tertiary/aromatic N) is 2. The molecule has 3 aromatic carbocycles. The number of carbonyl (C=O) groups excluding carboxylic acids is 1. The van der Waals surface area contributed by atoms with E-state index in [0.29, 0.717) is 16.9 Å². The minimum atomic E-state index is -0.331. The summed E-state index contributed by atoms with van der Waals surface area (Å²) in [6, 6.07) is 21.6. The van der Waals surface area contributed by atoms with Gasteiger partial charge in [0.25, 0.3) is 0 Å². The van der Waals surface area contributed by atoms with E-state index in [9.17, 15) is 9.18 Å². The highest BCUT2D eigenvalue weighted by Crippen LogP contribution is 2.28. The Morgan fingerprint density at radius 3 is 2.75 bits per heavy atom. The molecule has 1 aliphatic heterocycles. The number of hydrogen-bond acceptors (Lipinski definition) is 3. The number of hydrogen-bond donors (Lipinski definition) is 3. The molecule has 2 amide bonds. The van der Waals surface area contributed by atoms with Gasteiger partial charge >= 0.3 is 6.03 Å². The first-order chi connectivity index (χ1) is 17.6. The first-order valence-electron chi connectivity index (χ1n) is 12.2. The van der Waals surface area contributed by atoms with Gasteiger partial charge in [0, 0.05) is 22.7 Å². The molecule has 6 nitrogen and oxygen atoms in total. The van der Waals surface area contributed by atoms with Crippen LogP contribution in [0.25, 0.3) is 10.9 Å². The zero-order valence-corrected chi connectivity index (χ0v) is 20.1. The van der Waals surface area contributed by atoms with Gasteiger partial charge in [0.2, 0.25) is 0 Å². The molecule has 2 atom stereocenters. The number of halogens is 1. The van der Waals surface area contributed by atoms with Crippen molar-refractivity contribution in [2.45, 2.75) is 31.3 Å². The maximum Gasteiger partial charge on any atom is 0.319 e. The van der Waals surface area contributed by atoms with E-state index in [1.54, 1.807) is 12.1 Å². The van der Waals surface area contributed by atoms with Crippen molar-refractivity contribution < 1.29 is 9.18 Å². The maximum atomic E-state index is 13.5. The van der Waals surface area contributed by atoms with E-state index in [4.69, 9.17) is 0 Å². The molecule has 1 aliphatic rings. The molecule has 1 saturated heterocycles. The zero-order chi connectivity index (χ0) is 24.9. The fourth-order valence-electron chi connectivity index (χ4n) is 4.78. The van der Waals surface area contributed by atoms with Gasteiger partial charge in [0.05, 0.1) is 11.6 Å². The Morgan fingerprint density at radius 2 is 1.94 bits per heavy atom. The third-order valence-corrected chi connectivity index (χ3v) is 6.63.